The van der Waals surface area contributed by atoms with E-state index in [2.05, 4.69) is 41.4 Å². The Morgan fingerprint density at radius 2 is 2.00 bits per heavy atom. The number of rotatable bonds is 6. The molecule has 0 fully saturated rings. The fourth-order valence-corrected chi connectivity index (χ4v) is 1.93. The third kappa shape index (κ3) is 3.64. The molecule has 0 bridgehead atoms. The van der Waals surface area contributed by atoms with Crippen molar-refractivity contribution in [2.45, 2.75) is 39.2 Å². The first kappa shape index (κ1) is 13.7. The number of likely N-dealkylation sites (N-methyl/N-ethyl adjacent to an activating group) is 1. The first-order chi connectivity index (χ1) is 9.22. The van der Waals surface area contributed by atoms with Crippen molar-refractivity contribution >= 4 is 0 Å². The molecule has 0 spiro atoms. The summed E-state index contributed by atoms with van der Waals surface area (Å²) >= 11 is 0. The van der Waals surface area contributed by atoms with Crippen molar-refractivity contribution in [1.82, 2.24) is 15.5 Å². The molecule has 0 saturated carbocycles. The van der Waals surface area contributed by atoms with Gasteiger partial charge in [-0.2, -0.15) is 4.98 Å². The van der Waals surface area contributed by atoms with Crippen molar-refractivity contribution in [3.63, 3.8) is 0 Å². The van der Waals surface area contributed by atoms with Gasteiger partial charge in [0.2, 0.25) is 0 Å². The van der Waals surface area contributed by atoms with E-state index in [-0.39, 0.29) is 0 Å². The molecule has 1 N–H and O–H groups in total. The first-order valence-electron chi connectivity index (χ1n) is 6.82. The zero-order chi connectivity index (χ0) is 13.7. The lowest BCUT2D eigenvalue weighted by molar-refractivity contribution is 0.418. The highest BCUT2D eigenvalue weighted by atomic mass is 16.5. The minimum atomic E-state index is 0.345. The van der Waals surface area contributed by atoms with Crippen LogP contribution in [0.15, 0.2) is 28.8 Å². The van der Waals surface area contributed by atoms with E-state index in [0.717, 1.165) is 30.7 Å². The standard InChI is InChI=1S/C15H21N3O/c1-4-5-12-6-8-13(9-7-12)15-17-14(18-19-15)10-11(2)16-3/h6-9,11,16H,4-5,10H2,1-3H3. The Morgan fingerprint density at radius 3 is 2.63 bits per heavy atom. The Hall–Kier alpha value is -1.68. The summed E-state index contributed by atoms with van der Waals surface area (Å²) in [5.74, 6) is 1.34. The molecule has 1 atom stereocenters. The highest BCUT2D eigenvalue weighted by Gasteiger charge is 2.10. The van der Waals surface area contributed by atoms with Crippen LogP contribution in [0.1, 0.15) is 31.7 Å². The average Bonchev–Trinajstić information content (AvgIpc) is 2.88. The van der Waals surface area contributed by atoms with Crippen LogP contribution in [0.5, 0.6) is 0 Å². The van der Waals surface area contributed by atoms with Gasteiger partial charge in [-0.25, -0.2) is 0 Å². The molecule has 1 unspecified atom stereocenters. The van der Waals surface area contributed by atoms with Crippen LogP contribution in [0.2, 0.25) is 0 Å². The minimum Gasteiger partial charge on any atom is -0.334 e. The predicted molar refractivity (Wildman–Crippen MR) is 76.0 cm³/mol. The quantitative estimate of drug-likeness (QED) is 0.866. The van der Waals surface area contributed by atoms with Gasteiger partial charge < -0.3 is 9.84 Å². The van der Waals surface area contributed by atoms with E-state index in [0.29, 0.717) is 11.9 Å². The third-order valence-corrected chi connectivity index (χ3v) is 3.19. The number of aromatic nitrogens is 2. The SMILES string of the molecule is CCCc1ccc(-c2nc(CC(C)NC)no2)cc1. The second kappa shape index (κ2) is 6.48. The minimum absolute atomic E-state index is 0.345. The Kier molecular flexibility index (Phi) is 4.68. The number of hydrogen-bond acceptors (Lipinski definition) is 4. The van der Waals surface area contributed by atoms with Crippen LogP contribution in [0.4, 0.5) is 0 Å². The molecule has 1 aromatic heterocycles. The van der Waals surface area contributed by atoms with Crippen LogP contribution in [0.25, 0.3) is 11.5 Å². The number of hydrogen-bond donors (Lipinski definition) is 1. The van der Waals surface area contributed by atoms with Gasteiger partial charge >= 0.3 is 0 Å². The maximum Gasteiger partial charge on any atom is 0.257 e. The van der Waals surface area contributed by atoms with Gasteiger partial charge in [-0.15, -0.1) is 0 Å². The molecular formula is C15H21N3O. The first-order valence-corrected chi connectivity index (χ1v) is 6.82. The van der Waals surface area contributed by atoms with Crippen LogP contribution < -0.4 is 5.32 Å². The molecule has 19 heavy (non-hydrogen) atoms. The Morgan fingerprint density at radius 1 is 1.26 bits per heavy atom. The van der Waals surface area contributed by atoms with Crippen molar-refractivity contribution < 1.29 is 4.52 Å². The predicted octanol–water partition coefficient (Wildman–Crippen LogP) is 2.84. The lowest BCUT2D eigenvalue weighted by Crippen LogP contribution is -2.24. The molecule has 0 aliphatic carbocycles. The van der Waals surface area contributed by atoms with E-state index >= 15 is 0 Å². The number of aryl methyl sites for hydroxylation is 1. The largest absolute Gasteiger partial charge is 0.334 e. The summed E-state index contributed by atoms with van der Waals surface area (Å²) in [5, 5.41) is 7.18. The van der Waals surface area contributed by atoms with Gasteiger partial charge in [0.1, 0.15) is 0 Å². The lowest BCUT2D eigenvalue weighted by Gasteiger charge is -2.04. The van der Waals surface area contributed by atoms with Crippen LogP contribution in [0, 0.1) is 0 Å². The van der Waals surface area contributed by atoms with Gasteiger partial charge in [-0.05, 0) is 38.1 Å². The fourth-order valence-electron chi connectivity index (χ4n) is 1.93. The highest BCUT2D eigenvalue weighted by molar-refractivity contribution is 5.53. The molecule has 0 amide bonds. The van der Waals surface area contributed by atoms with E-state index in [1.54, 1.807) is 0 Å². The monoisotopic (exact) mass is 259 g/mol. The summed E-state index contributed by atoms with van der Waals surface area (Å²) in [6, 6.07) is 8.68. The van der Waals surface area contributed by atoms with E-state index in [1.165, 1.54) is 5.56 Å². The van der Waals surface area contributed by atoms with Crippen LogP contribution in [-0.4, -0.2) is 23.2 Å². The topological polar surface area (TPSA) is 51.0 Å². The smallest absolute Gasteiger partial charge is 0.257 e. The van der Waals surface area contributed by atoms with Gasteiger partial charge in [0, 0.05) is 18.0 Å². The maximum atomic E-state index is 5.31. The van der Waals surface area contributed by atoms with E-state index in [9.17, 15) is 0 Å². The maximum absolute atomic E-state index is 5.31. The third-order valence-electron chi connectivity index (χ3n) is 3.19. The highest BCUT2D eigenvalue weighted by Crippen LogP contribution is 2.18. The molecular weight excluding hydrogens is 238 g/mol. The lowest BCUT2D eigenvalue weighted by atomic mass is 10.1. The van der Waals surface area contributed by atoms with Crippen molar-refractivity contribution in [3.8, 4) is 11.5 Å². The summed E-state index contributed by atoms with van der Waals surface area (Å²) in [6.07, 6.45) is 3.04. The van der Waals surface area contributed by atoms with E-state index in [4.69, 9.17) is 4.52 Å². The van der Waals surface area contributed by atoms with Crippen molar-refractivity contribution in [2.75, 3.05) is 7.05 Å². The normalized spacial score (nSPS) is 12.6. The molecule has 4 nitrogen and oxygen atoms in total. The summed E-state index contributed by atoms with van der Waals surface area (Å²) < 4.78 is 5.31. The second-order valence-corrected chi connectivity index (χ2v) is 4.86. The van der Waals surface area contributed by atoms with E-state index < -0.39 is 0 Å². The molecule has 1 aromatic carbocycles. The molecule has 1 heterocycles. The van der Waals surface area contributed by atoms with Gasteiger partial charge in [0.05, 0.1) is 0 Å². The van der Waals surface area contributed by atoms with Gasteiger partial charge in [0.15, 0.2) is 5.82 Å². The number of nitrogens with zero attached hydrogens (tertiary/aromatic N) is 2. The molecule has 0 aliphatic heterocycles. The van der Waals surface area contributed by atoms with Crippen LogP contribution in [0.3, 0.4) is 0 Å². The fraction of sp³-hybridized carbons (Fsp3) is 0.467. The molecule has 2 aromatic rings. The summed E-state index contributed by atoms with van der Waals surface area (Å²) in [4.78, 5) is 4.43. The van der Waals surface area contributed by atoms with E-state index in [1.807, 2.05) is 19.2 Å². The molecule has 0 saturated heterocycles. The summed E-state index contributed by atoms with van der Waals surface area (Å²) in [5.41, 5.74) is 2.32. The zero-order valence-corrected chi connectivity index (χ0v) is 11.8. The van der Waals surface area contributed by atoms with Crippen LogP contribution >= 0.6 is 0 Å². The van der Waals surface area contributed by atoms with Gasteiger partial charge in [-0.3, -0.25) is 0 Å². The van der Waals surface area contributed by atoms with Crippen molar-refractivity contribution in [1.29, 1.82) is 0 Å². The Balaban J connectivity index is 2.09. The molecule has 4 heteroatoms. The van der Waals surface area contributed by atoms with Crippen molar-refractivity contribution in [2.24, 2.45) is 0 Å². The number of benzene rings is 1. The number of nitrogens with one attached hydrogen (secondary N) is 1. The Bertz CT molecular complexity index is 504. The molecule has 0 aliphatic rings. The van der Waals surface area contributed by atoms with Crippen molar-refractivity contribution in [3.05, 3.63) is 35.7 Å². The summed E-state index contributed by atoms with van der Waals surface area (Å²) in [6.45, 7) is 4.27. The second-order valence-electron chi connectivity index (χ2n) is 4.86. The van der Waals surface area contributed by atoms with Gasteiger partial charge in [-0.1, -0.05) is 30.6 Å². The van der Waals surface area contributed by atoms with Crippen LogP contribution in [-0.2, 0) is 12.8 Å². The molecule has 0 radical (unpaired) electrons. The zero-order valence-electron chi connectivity index (χ0n) is 11.8. The average molecular weight is 259 g/mol. The molecule has 102 valence electrons. The summed E-state index contributed by atoms with van der Waals surface area (Å²) in [7, 11) is 1.93. The molecule has 2 rings (SSSR count). The Labute approximate surface area is 114 Å². The van der Waals surface area contributed by atoms with Gasteiger partial charge in [0.25, 0.3) is 5.89 Å².